The van der Waals surface area contributed by atoms with Gasteiger partial charge >= 0.3 is 0 Å². The Kier molecular flexibility index (Phi) is 11.8. The Morgan fingerprint density at radius 3 is 1.88 bits per heavy atom. The maximum absolute atomic E-state index is 10.4. The van der Waals surface area contributed by atoms with Crippen LogP contribution < -0.4 is 47.9 Å². The highest BCUT2D eigenvalue weighted by Crippen LogP contribution is 2.51. The number of nitriles is 1. The highest BCUT2D eigenvalue weighted by Gasteiger charge is 2.44. The molecule has 6 nitrogen and oxygen atoms in total. The Morgan fingerprint density at radius 2 is 1.13 bits per heavy atom. The number of hydrogen-bond donors (Lipinski definition) is 0. The molecule has 12 aromatic carbocycles. The van der Waals surface area contributed by atoms with Crippen molar-refractivity contribution in [1.29, 1.82) is 5.26 Å². The Morgan fingerprint density at radius 1 is 0.452 bits per heavy atom. The van der Waals surface area contributed by atoms with Gasteiger partial charge in [-0.1, -0.05) is 173 Å². The summed E-state index contributed by atoms with van der Waals surface area (Å²) in [6, 6.07) is 81.0. The van der Waals surface area contributed by atoms with Crippen molar-refractivity contribution in [2.45, 2.75) is 52.4 Å². The number of furan rings is 1. The van der Waals surface area contributed by atoms with Crippen LogP contribution in [-0.2, 0) is 10.8 Å². The molecule has 4 aromatic heterocycles. The minimum atomic E-state index is -0.236. The number of thiophene rings is 1. The van der Waals surface area contributed by atoms with E-state index in [0.29, 0.717) is 5.56 Å². The highest BCUT2D eigenvalue weighted by molar-refractivity contribution is 7.26. The molecule has 2 aliphatic rings. The third-order valence-electron chi connectivity index (χ3n) is 20.8. The molecule has 6 heterocycles. The molecule has 0 bridgehead atoms. The lowest BCUT2D eigenvalue weighted by Crippen LogP contribution is -2.59. The lowest BCUT2D eigenvalue weighted by molar-refractivity contribution is 0.487. The Labute approximate surface area is 548 Å². The number of nitrogens with zero attached hydrogens (tertiary/aromatic N) is 4. The van der Waals surface area contributed by atoms with Gasteiger partial charge in [-0.15, -0.1) is 16.8 Å². The van der Waals surface area contributed by atoms with E-state index in [9.17, 15) is 5.26 Å². The van der Waals surface area contributed by atoms with Crippen LogP contribution >= 0.6 is 11.3 Å². The third kappa shape index (κ3) is 8.06. The van der Waals surface area contributed by atoms with Crippen molar-refractivity contribution in [1.82, 2.24) is 9.13 Å². The van der Waals surface area contributed by atoms with Crippen LogP contribution in [0.15, 0.2) is 217 Å². The third-order valence-corrected chi connectivity index (χ3v) is 21.9. The molecule has 0 fully saturated rings. The second-order valence-electron chi connectivity index (χ2n) is 28.0. The predicted molar refractivity (Wildman–Crippen MR) is 407 cm³/mol. The number of hydrogen-bond acceptors (Lipinski definition) is 5. The van der Waals surface area contributed by atoms with Gasteiger partial charge in [0.15, 0.2) is 0 Å². The first kappa shape index (κ1) is 55.5. The van der Waals surface area contributed by atoms with E-state index >= 15 is 0 Å². The van der Waals surface area contributed by atoms with Crippen LogP contribution in [-0.4, -0.2) is 47.2 Å². The molecular formula is C81H61B5N4O2S. The zero-order chi connectivity index (χ0) is 63.2. The van der Waals surface area contributed by atoms with Crippen LogP contribution in [0.2, 0.25) is 0 Å². The molecule has 0 spiro atoms. The summed E-state index contributed by atoms with van der Waals surface area (Å²) >= 11 is 1.86. The second-order valence-corrected chi connectivity index (χ2v) is 29.1. The Balaban J connectivity index is 0.946. The van der Waals surface area contributed by atoms with Gasteiger partial charge in [0.2, 0.25) is 0 Å². The fourth-order valence-electron chi connectivity index (χ4n) is 15.8. The zero-order valence-corrected chi connectivity index (χ0v) is 54.6. The summed E-state index contributed by atoms with van der Waals surface area (Å²) in [5.41, 5.74) is 27.1. The first-order valence-corrected chi connectivity index (χ1v) is 33.2. The number of para-hydroxylation sites is 3. The quantitative estimate of drug-likeness (QED) is 0.161. The van der Waals surface area contributed by atoms with Gasteiger partial charge in [-0.25, -0.2) is 0 Å². The molecule has 0 saturated carbocycles. The summed E-state index contributed by atoms with van der Waals surface area (Å²) in [6.45, 7) is 13.5. The van der Waals surface area contributed by atoms with Gasteiger partial charge in [0.25, 0.3) is 6.71 Å². The second kappa shape index (κ2) is 19.8. The molecule has 0 aliphatic carbocycles. The molecule has 12 heteroatoms. The summed E-state index contributed by atoms with van der Waals surface area (Å²) in [6.07, 6.45) is 0. The largest absolute Gasteiger partial charge is 0.458 e. The number of ether oxygens (including phenoxy) is 1. The van der Waals surface area contributed by atoms with Gasteiger partial charge in [0.05, 0.1) is 33.9 Å². The van der Waals surface area contributed by atoms with Crippen molar-refractivity contribution in [2.24, 2.45) is 0 Å². The molecule has 2 aliphatic heterocycles. The maximum Gasteiger partial charge on any atom is 0.256 e. The molecule has 16 aromatic rings. The molecule has 0 saturated heterocycles. The van der Waals surface area contributed by atoms with E-state index < -0.39 is 0 Å². The minimum Gasteiger partial charge on any atom is -0.458 e. The van der Waals surface area contributed by atoms with E-state index in [2.05, 4.69) is 299 Å². The van der Waals surface area contributed by atoms with E-state index in [1.165, 1.54) is 74.8 Å². The van der Waals surface area contributed by atoms with E-state index in [0.717, 1.165) is 123 Å². The van der Waals surface area contributed by atoms with Crippen molar-refractivity contribution in [3.63, 3.8) is 0 Å². The Bertz CT molecular complexity index is 5980. The normalized spacial score (nSPS) is 13.0. The van der Waals surface area contributed by atoms with Crippen molar-refractivity contribution < 1.29 is 9.15 Å². The smallest absolute Gasteiger partial charge is 0.256 e. The molecule has 0 amide bonds. The van der Waals surface area contributed by atoms with Crippen molar-refractivity contribution in [2.75, 3.05) is 4.90 Å². The first-order chi connectivity index (χ1) is 45.0. The van der Waals surface area contributed by atoms with E-state index in [4.69, 9.17) is 9.15 Å². The topological polar surface area (TPSA) is 59.3 Å². The van der Waals surface area contributed by atoms with Crippen molar-refractivity contribution in [3.8, 4) is 51.2 Å². The summed E-state index contributed by atoms with van der Waals surface area (Å²) < 4.78 is 22.3. The van der Waals surface area contributed by atoms with Crippen LogP contribution in [0.4, 0.5) is 17.1 Å². The van der Waals surface area contributed by atoms with Crippen molar-refractivity contribution in [3.05, 3.63) is 229 Å². The number of rotatable bonds is 5. The molecule has 93 heavy (non-hydrogen) atoms. The van der Waals surface area contributed by atoms with Crippen molar-refractivity contribution >= 4 is 190 Å². The van der Waals surface area contributed by atoms with Crippen LogP contribution in [0.3, 0.4) is 0 Å². The van der Waals surface area contributed by atoms with Gasteiger partial charge in [0, 0.05) is 97.9 Å². The van der Waals surface area contributed by atoms with Crippen LogP contribution in [0, 0.1) is 11.3 Å². The van der Waals surface area contributed by atoms with Gasteiger partial charge < -0.3 is 23.2 Å². The summed E-state index contributed by atoms with van der Waals surface area (Å²) in [5, 5.41) is 19.8. The van der Waals surface area contributed by atoms with Gasteiger partial charge in [-0.3, -0.25) is 0 Å². The van der Waals surface area contributed by atoms with E-state index in [1.807, 2.05) is 17.4 Å². The van der Waals surface area contributed by atoms with Gasteiger partial charge in [0.1, 0.15) is 54.1 Å². The lowest BCUT2D eigenvalue weighted by atomic mass is 9.34. The first-order valence-electron chi connectivity index (χ1n) is 32.4. The summed E-state index contributed by atoms with van der Waals surface area (Å²) in [7, 11) is 8.99. The van der Waals surface area contributed by atoms with Gasteiger partial charge in [-0.2, -0.15) is 5.26 Å². The molecule has 0 N–H and O–H groups in total. The maximum atomic E-state index is 10.4. The van der Waals surface area contributed by atoms with Crippen LogP contribution in [0.25, 0.3) is 119 Å². The number of anilines is 3. The fraction of sp³-hybridized carbons (Fsp3) is 0.0988. The summed E-state index contributed by atoms with van der Waals surface area (Å²) in [4.78, 5) is 2.55. The van der Waals surface area contributed by atoms with Crippen LogP contribution in [0.5, 0.6) is 11.5 Å². The number of benzene rings is 12. The zero-order valence-electron chi connectivity index (χ0n) is 53.8. The number of fused-ring (bicyclic) bond motifs is 17. The molecule has 0 atom stereocenters. The molecule has 0 unspecified atom stereocenters. The molecule has 18 rings (SSSR count). The molecule has 0 radical (unpaired) electrons. The van der Waals surface area contributed by atoms with E-state index in [1.54, 1.807) is 0 Å². The lowest BCUT2D eigenvalue weighted by Gasteiger charge is -2.41. The highest BCUT2D eigenvalue weighted by atomic mass is 32.1. The number of aromatic nitrogens is 2. The van der Waals surface area contributed by atoms with E-state index in [-0.39, 0.29) is 17.5 Å². The average molecular weight is 1210 g/mol. The standard InChI is InChI=1S/C81H61B5N4O2S/c1-80(2,3)46-25-32-61(55(38-46)44-15-8-7-9-16-44)90-63-40-48(89-62-31-23-43(42-87)35-56(62)72-73(82)74(83)75(84)76(85)78(72)89)26-29-57(63)86-58-30-27-49(88-59-21-12-10-17-51(59)52-18-11-13-22-60(52)88)41-66(58)91-67-37-45(36-64(90)77(67)86)50-19-14-20-54-70-65(92-79(50)54)33-34-68-71(70)53-28-24-47(81(4,5)6)39-69(53)93-68/h7-41H,82-85H2,1-6H3. The average Bonchev–Trinajstić information content (AvgIpc) is 1.22. The Hall–Kier alpha value is -10.3. The minimum absolute atomic E-state index is 0.0255. The summed E-state index contributed by atoms with van der Waals surface area (Å²) in [5.74, 6) is 1.61. The molecular weight excluding hydrogens is 1150 g/mol. The predicted octanol–water partition coefficient (Wildman–Crippen LogP) is 13.4. The fourth-order valence-corrected chi connectivity index (χ4v) is 17.0. The molecule has 438 valence electrons. The monoisotopic (exact) mass is 1210 g/mol. The SMILES string of the molecule is Bc1c(B)c(B)c2c(c1B)c1cc(C#N)ccc1n2-c1ccc2c(c1)N(c1ccc(C(C)(C)C)cc1-c1ccccc1)c1cc(-c3cccc4c3oc3ccc5sc6cc(C(C)(C)C)ccc6c5c34)cc3c1B2c1ccc(-n2c4ccccc4c4ccccc42)cc1O3. The van der Waals surface area contributed by atoms with Crippen LogP contribution in [0.1, 0.15) is 58.2 Å². The van der Waals surface area contributed by atoms with Gasteiger partial charge in [-0.05, 0) is 140 Å².